The third-order valence-corrected chi connectivity index (χ3v) is 3.35. The molecule has 0 saturated carbocycles. The molecule has 4 N–H and O–H groups in total. The molecule has 6 heteroatoms. The van der Waals surface area contributed by atoms with Gasteiger partial charge in [-0.3, -0.25) is 4.79 Å². The maximum atomic E-state index is 11.8. The fourth-order valence-corrected chi connectivity index (χ4v) is 2.17. The van der Waals surface area contributed by atoms with E-state index in [0.717, 1.165) is 12.0 Å². The van der Waals surface area contributed by atoms with Crippen LogP contribution >= 0.6 is 11.6 Å². The van der Waals surface area contributed by atoms with Gasteiger partial charge in [-0.1, -0.05) is 30.7 Å². The molecule has 5 nitrogen and oxygen atoms in total. The number of hydrogen-bond acceptors (Lipinski definition) is 5. The van der Waals surface area contributed by atoms with Crippen molar-refractivity contribution in [3.05, 3.63) is 34.9 Å². The van der Waals surface area contributed by atoms with Gasteiger partial charge in [-0.2, -0.15) is 0 Å². The zero-order chi connectivity index (χ0) is 13.8. The van der Waals surface area contributed by atoms with Gasteiger partial charge in [0.05, 0.1) is 18.7 Å². The third kappa shape index (κ3) is 3.25. The highest BCUT2D eigenvalue weighted by Gasteiger charge is 2.39. The molecule has 0 bridgehead atoms. The lowest BCUT2D eigenvalue weighted by Crippen LogP contribution is -2.45. The van der Waals surface area contributed by atoms with Gasteiger partial charge < -0.3 is 10.5 Å². The predicted octanol–water partition coefficient (Wildman–Crippen LogP) is 1.14. The number of esters is 1. The molecule has 2 rings (SSSR count). The first-order valence-corrected chi connectivity index (χ1v) is 6.70. The molecule has 0 spiro atoms. The first-order valence-electron chi connectivity index (χ1n) is 6.32. The van der Waals surface area contributed by atoms with Crippen LogP contribution in [0.4, 0.5) is 0 Å². The summed E-state index contributed by atoms with van der Waals surface area (Å²) in [5.41, 5.74) is 13.0. The van der Waals surface area contributed by atoms with Crippen molar-refractivity contribution in [2.45, 2.75) is 31.5 Å². The third-order valence-electron chi connectivity index (χ3n) is 3.10. The quantitative estimate of drug-likeness (QED) is 0.723. The Bertz CT molecular complexity index is 438. The molecule has 1 heterocycles. The van der Waals surface area contributed by atoms with Crippen molar-refractivity contribution in [2.24, 2.45) is 5.73 Å². The van der Waals surface area contributed by atoms with Gasteiger partial charge in [0.15, 0.2) is 0 Å². The molecule has 3 atom stereocenters. The number of rotatable bonds is 4. The summed E-state index contributed by atoms with van der Waals surface area (Å²) in [6.07, 6.45) is 0.793. The Kier molecular flexibility index (Phi) is 4.76. The van der Waals surface area contributed by atoms with Gasteiger partial charge in [0.25, 0.3) is 0 Å². The van der Waals surface area contributed by atoms with Crippen molar-refractivity contribution in [1.82, 2.24) is 10.9 Å². The monoisotopic (exact) mass is 283 g/mol. The van der Waals surface area contributed by atoms with Gasteiger partial charge in [0.2, 0.25) is 0 Å². The summed E-state index contributed by atoms with van der Waals surface area (Å²) >= 11 is 5.85. The highest BCUT2D eigenvalue weighted by Crippen LogP contribution is 2.23. The summed E-state index contributed by atoms with van der Waals surface area (Å²) in [5, 5.41) is 0.669. The molecule has 104 valence electrons. The molecule has 1 fully saturated rings. The molecule has 0 amide bonds. The second-order valence-electron chi connectivity index (χ2n) is 4.54. The van der Waals surface area contributed by atoms with Crippen LogP contribution in [0.3, 0.4) is 0 Å². The van der Waals surface area contributed by atoms with Crippen molar-refractivity contribution < 1.29 is 9.53 Å². The molecule has 1 aromatic rings. The van der Waals surface area contributed by atoms with E-state index in [4.69, 9.17) is 22.1 Å². The van der Waals surface area contributed by atoms with E-state index in [1.54, 1.807) is 12.1 Å². The smallest absolute Gasteiger partial charge is 0.326 e. The normalized spacial score (nSPS) is 26.4. The van der Waals surface area contributed by atoms with Crippen LogP contribution in [0.15, 0.2) is 24.3 Å². The molecular formula is C13H18ClN3O2. The predicted molar refractivity (Wildman–Crippen MR) is 73.5 cm³/mol. The molecule has 3 unspecified atom stereocenters. The van der Waals surface area contributed by atoms with Gasteiger partial charge in [-0.05, 0) is 24.1 Å². The Labute approximate surface area is 117 Å². The zero-order valence-electron chi connectivity index (χ0n) is 10.7. The number of carbonyl (C=O) groups excluding carboxylic acids is 1. The Morgan fingerprint density at radius 3 is 2.68 bits per heavy atom. The Hall–Kier alpha value is -1.14. The molecule has 0 aromatic heterocycles. The van der Waals surface area contributed by atoms with Crippen LogP contribution in [0.25, 0.3) is 0 Å². The SMILES string of the molecule is CCCOC(=O)C1NNC(c2ccc(Cl)cc2)C1N. The fraction of sp³-hybridized carbons (Fsp3) is 0.462. The average Bonchev–Trinajstić information content (AvgIpc) is 2.79. The number of halogens is 1. The second-order valence-corrected chi connectivity index (χ2v) is 4.98. The van der Waals surface area contributed by atoms with Crippen molar-refractivity contribution in [3.8, 4) is 0 Å². The van der Waals surface area contributed by atoms with Gasteiger partial charge in [0, 0.05) is 5.02 Å². The van der Waals surface area contributed by atoms with E-state index in [-0.39, 0.29) is 18.1 Å². The lowest BCUT2D eigenvalue weighted by molar-refractivity contribution is -0.146. The Morgan fingerprint density at radius 2 is 2.05 bits per heavy atom. The van der Waals surface area contributed by atoms with Gasteiger partial charge in [-0.15, -0.1) is 0 Å². The molecule has 1 aliphatic rings. The highest BCUT2D eigenvalue weighted by atomic mass is 35.5. The van der Waals surface area contributed by atoms with Gasteiger partial charge in [-0.25, -0.2) is 10.9 Å². The summed E-state index contributed by atoms with van der Waals surface area (Å²) in [6, 6.07) is 6.32. The average molecular weight is 284 g/mol. The maximum absolute atomic E-state index is 11.8. The van der Waals surface area contributed by atoms with Crippen LogP contribution in [0.2, 0.25) is 5.02 Å². The van der Waals surface area contributed by atoms with E-state index >= 15 is 0 Å². The van der Waals surface area contributed by atoms with E-state index in [1.807, 2.05) is 19.1 Å². The van der Waals surface area contributed by atoms with Crippen molar-refractivity contribution in [3.63, 3.8) is 0 Å². The molecule has 1 aliphatic heterocycles. The van der Waals surface area contributed by atoms with Crippen LogP contribution in [-0.4, -0.2) is 24.7 Å². The maximum Gasteiger partial charge on any atom is 0.326 e. The zero-order valence-corrected chi connectivity index (χ0v) is 11.5. The largest absolute Gasteiger partial charge is 0.464 e. The summed E-state index contributed by atoms with van der Waals surface area (Å²) in [4.78, 5) is 11.8. The second kappa shape index (κ2) is 6.34. The van der Waals surface area contributed by atoms with E-state index in [2.05, 4.69) is 10.9 Å². The van der Waals surface area contributed by atoms with Crippen LogP contribution in [0.5, 0.6) is 0 Å². The minimum atomic E-state index is -0.535. The molecule has 1 saturated heterocycles. The summed E-state index contributed by atoms with van der Waals surface area (Å²) in [7, 11) is 0. The van der Waals surface area contributed by atoms with E-state index in [1.165, 1.54) is 0 Å². The summed E-state index contributed by atoms with van der Waals surface area (Å²) < 4.78 is 5.11. The van der Waals surface area contributed by atoms with Crippen molar-refractivity contribution in [2.75, 3.05) is 6.61 Å². The number of nitrogens with two attached hydrogens (primary N) is 1. The number of hydrazine groups is 1. The number of carbonyl (C=O) groups is 1. The van der Waals surface area contributed by atoms with Crippen molar-refractivity contribution >= 4 is 17.6 Å². The lowest BCUT2D eigenvalue weighted by Gasteiger charge is -2.18. The molecular weight excluding hydrogens is 266 g/mol. The number of hydrogen-bond donors (Lipinski definition) is 3. The fourth-order valence-electron chi connectivity index (χ4n) is 2.05. The van der Waals surface area contributed by atoms with E-state index in [0.29, 0.717) is 11.6 Å². The number of ether oxygens (including phenoxy) is 1. The Morgan fingerprint density at radius 1 is 1.37 bits per heavy atom. The topological polar surface area (TPSA) is 76.4 Å². The van der Waals surface area contributed by atoms with Crippen LogP contribution < -0.4 is 16.6 Å². The Balaban J connectivity index is 2.03. The minimum absolute atomic E-state index is 0.142. The number of nitrogens with one attached hydrogen (secondary N) is 2. The van der Waals surface area contributed by atoms with Gasteiger partial charge >= 0.3 is 5.97 Å². The first-order chi connectivity index (χ1) is 9.13. The first kappa shape index (κ1) is 14.3. The van der Waals surface area contributed by atoms with Gasteiger partial charge in [0.1, 0.15) is 6.04 Å². The lowest BCUT2D eigenvalue weighted by atomic mass is 9.97. The summed E-state index contributed by atoms with van der Waals surface area (Å²) in [6.45, 7) is 2.36. The number of benzene rings is 1. The van der Waals surface area contributed by atoms with Crippen LogP contribution in [-0.2, 0) is 9.53 Å². The molecule has 19 heavy (non-hydrogen) atoms. The van der Waals surface area contributed by atoms with E-state index in [9.17, 15) is 4.79 Å². The highest BCUT2D eigenvalue weighted by molar-refractivity contribution is 6.30. The van der Waals surface area contributed by atoms with E-state index < -0.39 is 6.04 Å². The molecule has 0 aliphatic carbocycles. The standard InChI is InChI=1S/C13H18ClN3O2/c1-2-7-19-13(18)12-10(15)11(16-17-12)8-3-5-9(14)6-4-8/h3-6,10-12,16-17H,2,7,15H2,1H3. The van der Waals surface area contributed by atoms with Crippen LogP contribution in [0, 0.1) is 0 Å². The van der Waals surface area contributed by atoms with Crippen molar-refractivity contribution in [1.29, 1.82) is 0 Å². The van der Waals surface area contributed by atoms with Crippen LogP contribution in [0.1, 0.15) is 24.9 Å². The minimum Gasteiger partial charge on any atom is -0.464 e. The molecule has 0 radical (unpaired) electrons. The summed E-state index contributed by atoms with van der Waals surface area (Å²) in [5.74, 6) is -0.321. The molecule has 1 aromatic carbocycles.